The molecule has 0 aliphatic carbocycles. The van der Waals surface area contributed by atoms with E-state index in [0.717, 1.165) is 6.04 Å². The van der Waals surface area contributed by atoms with Gasteiger partial charge in [0.25, 0.3) is 0 Å². The summed E-state index contributed by atoms with van der Waals surface area (Å²) in [4.78, 5) is 0. The summed E-state index contributed by atoms with van der Waals surface area (Å²) in [6.07, 6.45) is 3.94. The normalized spacial score (nSPS) is 30.2. The van der Waals surface area contributed by atoms with E-state index in [4.69, 9.17) is 0 Å². The number of hydrogen-bond acceptors (Lipinski definition) is 1. The van der Waals surface area contributed by atoms with Crippen LogP contribution in [0.5, 0.6) is 0 Å². The largest absolute Gasteiger partial charge is 0.307 e. The molecule has 1 heteroatoms. The van der Waals surface area contributed by atoms with E-state index in [9.17, 15) is 0 Å². The maximum atomic E-state index is 3.69. The summed E-state index contributed by atoms with van der Waals surface area (Å²) >= 11 is 0. The van der Waals surface area contributed by atoms with Gasteiger partial charge in [0.05, 0.1) is 0 Å². The van der Waals surface area contributed by atoms with Crippen LogP contribution in [0.1, 0.15) is 35.6 Å². The van der Waals surface area contributed by atoms with E-state index in [1.54, 1.807) is 11.1 Å². The van der Waals surface area contributed by atoms with Crippen LogP contribution in [0.15, 0.2) is 18.2 Å². The topological polar surface area (TPSA) is 12.0 Å². The monoisotopic (exact) mass is 173 g/mol. The van der Waals surface area contributed by atoms with E-state index in [0.29, 0.717) is 6.04 Å². The molecule has 2 heterocycles. The van der Waals surface area contributed by atoms with Crippen molar-refractivity contribution in [3.05, 3.63) is 34.9 Å². The summed E-state index contributed by atoms with van der Waals surface area (Å²) in [5.41, 5.74) is 4.65. The molecule has 13 heavy (non-hydrogen) atoms. The van der Waals surface area contributed by atoms with Gasteiger partial charge in [0, 0.05) is 12.1 Å². The first-order valence-electron chi connectivity index (χ1n) is 5.19. The maximum Gasteiger partial charge on any atom is 0.0328 e. The van der Waals surface area contributed by atoms with Gasteiger partial charge in [-0.15, -0.1) is 0 Å². The van der Waals surface area contributed by atoms with Crippen LogP contribution in [0.25, 0.3) is 0 Å². The molecular formula is C12H15N. The standard InChI is InChI=1S/C12H15N/c1-8-3-2-4-9-7-10-5-6-11(13-10)12(8)9/h2-4,10-11,13H,5-7H2,1H3/t10-,11?/m1/s1. The smallest absolute Gasteiger partial charge is 0.0328 e. The van der Waals surface area contributed by atoms with Crippen LogP contribution < -0.4 is 5.32 Å². The Labute approximate surface area is 79.2 Å². The molecule has 0 aromatic heterocycles. The highest BCUT2D eigenvalue weighted by atomic mass is 15.0. The van der Waals surface area contributed by atoms with Crippen LogP contribution in [-0.2, 0) is 6.42 Å². The van der Waals surface area contributed by atoms with Crippen molar-refractivity contribution >= 4 is 0 Å². The molecule has 3 rings (SSSR count). The fourth-order valence-corrected chi connectivity index (χ4v) is 2.89. The third-order valence-corrected chi connectivity index (χ3v) is 3.47. The Balaban J connectivity index is 2.17. The molecule has 0 saturated carbocycles. The van der Waals surface area contributed by atoms with Crippen LogP contribution in [0.2, 0.25) is 0 Å². The number of nitrogens with one attached hydrogen (secondary N) is 1. The Morgan fingerprint density at radius 2 is 2.23 bits per heavy atom. The summed E-state index contributed by atoms with van der Waals surface area (Å²) in [6, 6.07) is 8.15. The van der Waals surface area contributed by atoms with Gasteiger partial charge >= 0.3 is 0 Å². The molecular weight excluding hydrogens is 158 g/mol. The molecule has 1 saturated heterocycles. The highest BCUT2D eigenvalue weighted by Crippen LogP contribution is 2.37. The van der Waals surface area contributed by atoms with Gasteiger partial charge in [-0.1, -0.05) is 18.2 Å². The molecule has 1 nitrogen and oxygen atoms in total. The molecule has 2 bridgehead atoms. The molecule has 2 aliphatic heterocycles. The Hall–Kier alpha value is -0.820. The molecule has 1 aromatic rings. The van der Waals surface area contributed by atoms with Gasteiger partial charge in [-0.05, 0) is 42.9 Å². The lowest BCUT2D eigenvalue weighted by molar-refractivity contribution is 0.513. The molecule has 1 unspecified atom stereocenters. The molecule has 0 amide bonds. The first-order valence-corrected chi connectivity index (χ1v) is 5.19. The summed E-state index contributed by atoms with van der Waals surface area (Å²) in [7, 11) is 0. The summed E-state index contributed by atoms with van der Waals surface area (Å²) in [6.45, 7) is 2.24. The van der Waals surface area contributed by atoms with E-state index in [-0.39, 0.29) is 0 Å². The summed E-state index contributed by atoms with van der Waals surface area (Å²) in [5.74, 6) is 0. The molecule has 0 spiro atoms. The van der Waals surface area contributed by atoms with E-state index in [1.165, 1.54) is 24.8 Å². The minimum absolute atomic E-state index is 0.662. The molecule has 2 aliphatic rings. The van der Waals surface area contributed by atoms with E-state index >= 15 is 0 Å². The van der Waals surface area contributed by atoms with E-state index < -0.39 is 0 Å². The average Bonchev–Trinajstić information content (AvgIpc) is 2.48. The van der Waals surface area contributed by atoms with Gasteiger partial charge in [-0.25, -0.2) is 0 Å². The SMILES string of the molecule is Cc1cccc2c1C1CC[C@H](C2)N1. The van der Waals surface area contributed by atoms with Crippen molar-refractivity contribution in [2.75, 3.05) is 0 Å². The minimum atomic E-state index is 0.662. The molecule has 1 fully saturated rings. The highest BCUT2D eigenvalue weighted by molar-refractivity contribution is 5.40. The minimum Gasteiger partial charge on any atom is -0.307 e. The van der Waals surface area contributed by atoms with Crippen molar-refractivity contribution < 1.29 is 0 Å². The Kier molecular flexibility index (Phi) is 1.50. The number of fused-ring (bicyclic) bond motifs is 4. The Bertz CT molecular complexity index is 343. The Morgan fingerprint density at radius 1 is 1.31 bits per heavy atom. The van der Waals surface area contributed by atoms with Crippen LogP contribution >= 0.6 is 0 Å². The molecule has 1 aromatic carbocycles. The number of aryl methyl sites for hydroxylation is 1. The van der Waals surface area contributed by atoms with Crippen molar-refractivity contribution in [1.82, 2.24) is 5.32 Å². The molecule has 1 N–H and O–H groups in total. The van der Waals surface area contributed by atoms with E-state index in [1.807, 2.05) is 0 Å². The highest BCUT2D eigenvalue weighted by Gasteiger charge is 2.32. The Morgan fingerprint density at radius 3 is 3.15 bits per heavy atom. The zero-order valence-corrected chi connectivity index (χ0v) is 8.01. The van der Waals surface area contributed by atoms with Crippen LogP contribution in [0, 0.1) is 6.92 Å². The summed E-state index contributed by atoms with van der Waals surface area (Å²) in [5, 5.41) is 3.69. The second kappa shape index (κ2) is 2.58. The van der Waals surface area contributed by atoms with Crippen molar-refractivity contribution in [2.45, 2.75) is 38.3 Å². The number of hydrogen-bond donors (Lipinski definition) is 1. The first kappa shape index (κ1) is 7.57. The first-order chi connectivity index (χ1) is 6.34. The molecule has 68 valence electrons. The number of benzene rings is 1. The summed E-state index contributed by atoms with van der Waals surface area (Å²) < 4.78 is 0. The lowest BCUT2D eigenvalue weighted by Crippen LogP contribution is -2.32. The quantitative estimate of drug-likeness (QED) is 0.635. The predicted octanol–water partition coefficient (Wildman–Crippen LogP) is 2.34. The van der Waals surface area contributed by atoms with Crippen molar-refractivity contribution in [3.8, 4) is 0 Å². The zero-order chi connectivity index (χ0) is 8.84. The second-order valence-corrected chi connectivity index (χ2v) is 4.35. The lowest BCUT2D eigenvalue weighted by Gasteiger charge is -2.26. The molecule has 2 atom stereocenters. The van der Waals surface area contributed by atoms with Crippen molar-refractivity contribution in [1.29, 1.82) is 0 Å². The number of rotatable bonds is 0. The maximum absolute atomic E-state index is 3.69. The fourth-order valence-electron chi connectivity index (χ4n) is 2.89. The van der Waals surface area contributed by atoms with Gasteiger partial charge in [0.15, 0.2) is 0 Å². The van der Waals surface area contributed by atoms with Crippen molar-refractivity contribution in [2.24, 2.45) is 0 Å². The van der Waals surface area contributed by atoms with Gasteiger partial charge in [-0.2, -0.15) is 0 Å². The van der Waals surface area contributed by atoms with Crippen LogP contribution in [0.4, 0.5) is 0 Å². The fraction of sp³-hybridized carbons (Fsp3) is 0.500. The van der Waals surface area contributed by atoms with Gasteiger partial charge in [-0.3, -0.25) is 0 Å². The molecule has 0 radical (unpaired) electrons. The van der Waals surface area contributed by atoms with Gasteiger partial charge in [0.1, 0.15) is 0 Å². The van der Waals surface area contributed by atoms with Crippen molar-refractivity contribution in [3.63, 3.8) is 0 Å². The van der Waals surface area contributed by atoms with Crippen LogP contribution in [-0.4, -0.2) is 6.04 Å². The lowest BCUT2D eigenvalue weighted by atomic mass is 9.91. The van der Waals surface area contributed by atoms with Gasteiger partial charge in [0.2, 0.25) is 0 Å². The van der Waals surface area contributed by atoms with E-state index in [2.05, 4.69) is 30.4 Å². The zero-order valence-electron chi connectivity index (χ0n) is 8.01. The predicted molar refractivity (Wildman–Crippen MR) is 53.8 cm³/mol. The third-order valence-electron chi connectivity index (χ3n) is 3.47. The second-order valence-electron chi connectivity index (χ2n) is 4.35. The average molecular weight is 173 g/mol. The third kappa shape index (κ3) is 1.03. The van der Waals surface area contributed by atoms with Crippen LogP contribution in [0.3, 0.4) is 0 Å². The van der Waals surface area contributed by atoms with Gasteiger partial charge < -0.3 is 5.32 Å².